The molecule has 3 aromatic rings. The maximum Gasteiger partial charge on any atom is 0.282 e. The highest BCUT2D eigenvalue weighted by Gasteiger charge is 2.22. The van der Waals surface area contributed by atoms with Gasteiger partial charge in [-0.1, -0.05) is 35.2 Å². The summed E-state index contributed by atoms with van der Waals surface area (Å²) < 4.78 is 9.30. The second kappa shape index (κ2) is 9.32. The molecular formula is C22H20Br3N3O2. The number of aromatic nitrogens is 2. The van der Waals surface area contributed by atoms with Crippen LogP contribution in [0.3, 0.4) is 0 Å². The molecule has 0 spiro atoms. The number of rotatable bonds is 4. The van der Waals surface area contributed by atoms with Crippen LogP contribution in [0.1, 0.15) is 49.4 Å². The quantitative estimate of drug-likeness (QED) is 0.318. The Balaban J connectivity index is 1.84. The lowest BCUT2D eigenvalue weighted by Crippen LogP contribution is -2.25. The molecule has 0 unspecified atom stereocenters. The Bertz CT molecular complexity index is 1160. The van der Waals surface area contributed by atoms with Gasteiger partial charge in [0.1, 0.15) is 11.6 Å². The number of hydrogen-bond donors (Lipinski definition) is 0. The van der Waals surface area contributed by atoms with Crippen LogP contribution < -0.4 is 10.3 Å². The van der Waals surface area contributed by atoms with E-state index in [0.717, 1.165) is 50.5 Å². The fraction of sp³-hybridized carbons (Fsp3) is 0.318. The van der Waals surface area contributed by atoms with Gasteiger partial charge < -0.3 is 4.74 Å². The summed E-state index contributed by atoms with van der Waals surface area (Å²) in [5.74, 6) is 1.70. The molecular weight excluding hydrogens is 578 g/mol. The zero-order chi connectivity index (χ0) is 21.3. The van der Waals surface area contributed by atoms with Gasteiger partial charge in [-0.25, -0.2) is 4.98 Å². The average molecular weight is 598 g/mol. The van der Waals surface area contributed by atoms with Gasteiger partial charge in [0.25, 0.3) is 5.56 Å². The molecule has 5 nitrogen and oxygen atoms in total. The van der Waals surface area contributed by atoms with Crippen molar-refractivity contribution >= 4 is 64.9 Å². The summed E-state index contributed by atoms with van der Waals surface area (Å²) in [6, 6.07) is 9.42. The molecule has 0 saturated heterocycles. The SMILES string of the molecule is COc1c(Br)cc(C=Nn2c(C3CCCCC3)nc3ccc(Br)cc3c2=O)cc1Br. The summed E-state index contributed by atoms with van der Waals surface area (Å²) in [7, 11) is 1.62. The Morgan fingerprint density at radius 1 is 1.10 bits per heavy atom. The standard InChI is InChI=1S/C22H20Br3N3O2/c1-30-20-17(24)9-13(10-18(20)25)12-26-28-21(14-5-3-2-4-6-14)27-19-8-7-15(23)11-16(19)22(28)29/h7-12,14H,2-6H2,1H3. The van der Waals surface area contributed by atoms with Crippen LogP contribution in [-0.4, -0.2) is 23.0 Å². The van der Waals surface area contributed by atoms with E-state index in [1.807, 2.05) is 30.3 Å². The molecule has 1 aromatic heterocycles. The fourth-order valence-electron chi connectivity index (χ4n) is 3.88. The van der Waals surface area contributed by atoms with Crippen LogP contribution in [0.5, 0.6) is 5.75 Å². The van der Waals surface area contributed by atoms with Crippen molar-refractivity contribution < 1.29 is 4.74 Å². The van der Waals surface area contributed by atoms with Crippen molar-refractivity contribution in [3.63, 3.8) is 0 Å². The molecule has 0 N–H and O–H groups in total. The maximum absolute atomic E-state index is 13.3. The predicted octanol–water partition coefficient (Wildman–Crippen LogP) is 6.62. The third-order valence-electron chi connectivity index (χ3n) is 5.35. The van der Waals surface area contributed by atoms with Crippen molar-refractivity contribution in [1.82, 2.24) is 9.66 Å². The Kier molecular flexibility index (Phi) is 6.75. The lowest BCUT2D eigenvalue weighted by atomic mass is 9.88. The van der Waals surface area contributed by atoms with Crippen LogP contribution in [0.4, 0.5) is 0 Å². The highest BCUT2D eigenvalue weighted by Crippen LogP contribution is 2.34. The third-order valence-corrected chi connectivity index (χ3v) is 7.02. The van der Waals surface area contributed by atoms with Gasteiger partial charge in [-0.15, -0.1) is 0 Å². The molecule has 1 aliphatic carbocycles. The summed E-state index contributed by atoms with van der Waals surface area (Å²) in [5.41, 5.74) is 1.40. The number of ether oxygens (including phenoxy) is 1. The van der Waals surface area contributed by atoms with Crippen molar-refractivity contribution in [2.45, 2.75) is 38.0 Å². The number of nitrogens with zero attached hydrogens (tertiary/aromatic N) is 3. The van der Waals surface area contributed by atoms with E-state index in [1.165, 1.54) is 11.1 Å². The van der Waals surface area contributed by atoms with Crippen molar-refractivity contribution in [2.24, 2.45) is 5.10 Å². The summed E-state index contributed by atoms with van der Waals surface area (Å²) in [6.45, 7) is 0. The van der Waals surface area contributed by atoms with Crippen molar-refractivity contribution in [2.75, 3.05) is 7.11 Å². The molecule has 4 rings (SSSR count). The van der Waals surface area contributed by atoms with Crippen LogP contribution in [0, 0.1) is 0 Å². The number of hydrogen-bond acceptors (Lipinski definition) is 4. The van der Waals surface area contributed by atoms with Crippen LogP contribution in [-0.2, 0) is 0 Å². The molecule has 0 radical (unpaired) electrons. The minimum absolute atomic E-state index is 0.148. The summed E-state index contributed by atoms with van der Waals surface area (Å²) in [5, 5.41) is 5.14. The maximum atomic E-state index is 13.3. The summed E-state index contributed by atoms with van der Waals surface area (Å²) in [4.78, 5) is 18.2. The number of methoxy groups -OCH3 is 1. The highest BCUT2D eigenvalue weighted by molar-refractivity contribution is 9.11. The average Bonchev–Trinajstić information content (AvgIpc) is 2.74. The normalized spacial score (nSPS) is 15.2. The molecule has 1 fully saturated rings. The van der Waals surface area contributed by atoms with Crippen molar-refractivity contribution in [1.29, 1.82) is 0 Å². The third kappa shape index (κ3) is 4.41. The Morgan fingerprint density at radius 2 is 1.80 bits per heavy atom. The van der Waals surface area contributed by atoms with Crippen LogP contribution >= 0.6 is 47.8 Å². The number of halogens is 3. The van der Waals surface area contributed by atoms with Gasteiger partial charge in [-0.2, -0.15) is 9.78 Å². The molecule has 8 heteroatoms. The number of fused-ring (bicyclic) bond motifs is 1. The molecule has 1 saturated carbocycles. The minimum Gasteiger partial charge on any atom is -0.494 e. The van der Waals surface area contributed by atoms with Crippen LogP contribution in [0.15, 0.2) is 53.6 Å². The molecule has 1 heterocycles. The van der Waals surface area contributed by atoms with Gasteiger partial charge in [-0.05, 0) is 80.6 Å². The van der Waals surface area contributed by atoms with E-state index in [-0.39, 0.29) is 11.5 Å². The lowest BCUT2D eigenvalue weighted by molar-refractivity contribution is 0.409. The smallest absolute Gasteiger partial charge is 0.282 e. The van der Waals surface area contributed by atoms with Gasteiger partial charge in [-0.3, -0.25) is 4.79 Å². The predicted molar refractivity (Wildman–Crippen MR) is 131 cm³/mol. The largest absolute Gasteiger partial charge is 0.494 e. The highest BCUT2D eigenvalue weighted by atomic mass is 79.9. The first kappa shape index (κ1) is 21.7. The zero-order valence-electron chi connectivity index (χ0n) is 16.4. The Labute approximate surface area is 199 Å². The van der Waals surface area contributed by atoms with E-state index in [0.29, 0.717) is 16.7 Å². The van der Waals surface area contributed by atoms with Crippen LogP contribution in [0.2, 0.25) is 0 Å². The second-order valence-electron chi connectivity index (χ2n) is 7.35. The van der Waals surface area contributed by atoms with E-state index in [2.05, 4.69) is 52.9 Å². The molecule has 0 bridgehead atoms. The van der Waals surface area contributed by atoms with E-state index >= 15 is 0 Å². The van der Waals surface area contributed by atoms with Crippen molar-refractivity contribution in [3.8, 4) is 5.75 Å². The molecule has 0 amide bonds. The number of benzene rings is 2. The molecule has 2 aromatic carbocycles. The van der Waals surface area contributed by atoms with Gasteiger partial charge >= 0.3 is 0 Å². The van der Waals surface area contributed by atoms with Gasteiger partial charge in [0, 0.05) is 10.4 Å². The minimum atomic E-state index is -0.148. The molecule has 156 valence electrons. The first-order chi connectivity index (χ1) is 14.5. The Hall–Kier alpha value is -1.51. The second-order valence-corrected chi connectivity index (χ2v) is 9.97. The van der Waals surface area contributed by atoms with E-state index in [9.17, 15) is 4.79 Å². The van der Waals surface area contributed by atoms with E-state index in [4.69, 9.17) is 9.72 Å². The molecule has 0 aliphatic heterocycles. The lowest BCUT2D eigenvalue weighted by Gasteiger charge is -2.22. The van der Waals surface area contributed by atoms with Gasteiger partial charge in [0.2, 0.25) is 0 Å². The fourth-order valence-corrected chi connectivity index (χ4v) is 5.78. The zero-order valence-corrected chi connectivity index (χ0v) is 21.1. The van der Waals surface area contributed by atoms with Gasteiger partial charge in [0.15, 0.2) is 0 Å². The first-order valence-electron chi connectivity index (χ1n) is 9.77. The monoisotopic (exact) mass is 595 g/mol. The summed E-state index contributed by atoms with van der Waals surface area (Å²) >= 11 is 10.5. The topological polar surface area (TPSA) is 56.5 Å². The Morgan fingerprint density at radius 3 is 2.47 bits per heavy atom. The van der Waals surface area contributed by atoms with Crippen LogP contribution in [0.25, 0.3) is 10.9 Å². The first-order valence-corrected chi connectivity index (χ1v) is 12.2. The van der Waals surface area contributed by atoms with E-state index in [1.54, 1.807) is 13.3 Å². The molecule has 30 heavy (non-hydrogen) atoms. The van der Waals surface area contributed by atoms with Gasteiger partial charge in [0.05, 0.1) is 33.2 Å². The van der Waals surface area contributed by atoms with E-state index < -0.39 is 0 Å². The summed E-state index contributed by atoms with van der Waals surface area (Å²) in [6.07, 6.45) is 7.29. The van der Waals surface area contributed by atoms with Crippen molar-refractivity contribution in [3.05, 3.63) is 65.5 Å². The molecule has 0 atom stereocenters. The molecule has 1 aliphatic rings.